The second kappa shape index (κ2) is 9.83. The van der Waals surface area contributed by atoms with Gasteiger partial charge in [0.05, 0.1) is 30.8 Å². The van der Waals surface area contributed by atoms with E-state index in [1.54, 1.807) is 36.5 Å². The number of sulfonamides is 1. The molecule has 2 N–H and O–H groups in total. The third kappa shape index (κ3) is 5.00. The molecule has 0 unspecified atom stereocenters. The van der Waals surface area contributed by atoms with Gasteiger partial charge < -0.3 is 19.5 Å². The van der Waals surface area contributed by atoms with Crippen LogP contribution in [0.25, 0.3) is 5.69 Å². The van der Waals surface area contributed by atoms with Crippen molar-refractivity contribution >= 4 is 38.7 Å². The monoisotopic (exact) mass is 537 g/mol. The summed E-state index contributed by atoms with van der Waals surface area (Å²) >= 11 is 5.80. The van der Waals surface area contributed by atoms with E-state index >= 15 is 0 Å². The molecule has 0 saturated carbocycles. The summed E-state index contributed by atoms with van der Waals surface area (Å²) in [5.41, 5.74) is 3.51. The third-order valence-corrected chi connectivity index (χ3v) is 6.95. The zero-order valence-corrected chi connectivity index (χ0v) is 21.6. The highest BCUT2D eigenvalue weighted by Crippen LogP contribution is 2.44. The predicted octanol–water partition coefficient (Wildman–Crippen LogP) is 4.57. The Hall–Kier alpha value is -3.96. The number of methoxy groups -OCH3 is 1. The van der Waals surface area contributed by atoms with Crippen LogP contribution in [-0.2, 0) is 10.0 Å². The average Bonchev–Trinajstić information content (AvgIpc) is 3.49. The Morgan fingerprint density at radius 2 is 1.81 bits per heavy atom. The molecule has 0 aliphatic carbocycles. The predicted molar refractivity (Wildman–Crippen MR) is 145 cm³/mol. The van der Waals surface area contributed by atoms with Gasteiger partial charge >= 0.3 is 0 Å². The SMILES string of the molecule is COc1cc(N2C(=S)N[C@H](c3ccccn3)[C@H]2c2cccn2-c2ccc(F)cc2)ccc1NS(C)(=O)=O. The van der Waals surface area contributed by atoms with Gasteiger partial charge in [0.2, 0.25) is 10.0 Å². The van der Waals surface area contributed by atoms with Crippen molar-refractivity contribution in [1.29, 1.82) is 0 Å². The van der Waals surface area contributed by atoms with Gasteiger partial charge in [0.25, 0.3) is 0 Å². The highest BCUT2D eigenvalue weighted by molar-refractivity contribution is 7.92. The van der Waals surface area contributed by atoms with Crippen molar-refractivity contribution in [2.24, 2.45) is 0 Å². The Morgan fingerprint density at radius 3 is 2.49 bits per heavy atom. The molecule has 2 atom stereocenters. The van der Waals surface area contributed by atoms with Gasteiger partial charge in [0, 0.05) is 35.5 Å². The Morgan fingerprint density at radius 1 is 1.05 bits per heavy atom. The molecular formula is C26H24FN5O3S2. The molecule has 0 radical (unpaired) electrons. The number of rotatable bonds is 7. The van der Waals surface area contributed by atoms with Crippen molar-refractivity contribution < 1.29 is 17.5 Å². The fourth-order valence-corrected chi connectivity index (χ4v) is 5.43. The van der Waals surface area contributed by atoms with Gasteiger partial charge in [-0.3, -0.25) is 9.71 Å². The summed E-state index contributed by atoms with van der Waals surface area (Å²) in [6.07, 6.45) is 4.72. The van der Waals surface area contributed by atoms with E-state index < -0.39 is 10.0 Å². The van der Waals surface area contributed by atoms with Crippen LogP contribution in [0.1, 0.15) is 23.5 Å². The number of nitrogens with zero attached hydrogens (tertiary/aromatic N) is 3. The van der Waals surface area contributed by atoms with Crippen LogP contribution in [0.2, 0.25) is 0 Å². The van der Waals surface area contributed by atoms with E-state index in [2.05, 4.69) is 15.0 Å². The lowest BCUT2D eigenvalue weighted by atomic mass is 10.0. The van der Waals surface area contributed by atoms with Crippen LogP contribution in [0.5, 0.6) is 5.75 Å². The fraction of sp³-hybridized carbons (Fsp3) is 0.154. The van der Waals surface area contributed by atoms with Gasteiger partial charge in [-0.05, 0) is 72.9 Å². The van der Waals surface area contributed by atoms with E-state index in [1.807, 2.05) is 46.0 Å². The summed E-state index contributed by atoms with van der Waals surface area (Å²) in [5, 5.41) is 3.88. The number of anilines is 2. The first-order valence-electron chi connectivity index (χ1n) is 11.3. The van der Waals surface area contributed by atoms with Crippen molar-refractivity contribution in [3.63, 3.8) is 0 Å². The van der Waals surface area contributed by atoms with Crippen LogP contribution >= 0.6 is 12.2 Å². The molecule has 11 heteroatoms. The van der Waals surface area contributed by atoms with Gasteiger partial charge in [0.15, 0.2) is 5.11 Å². The molecule has 0 amide bonds. The molecule has 4 aromatic rings. The van der Waals surface area contributed by atoms with E-state index in [0.717, 1.165) is 23.3 Å². The molecule has 1 aliphatic heterocycles. The Labute approximate surface area is 219 Å². The first kappa shape index (κ1) is 24.7. The number of nitrogens with one attached hydrogen (secondary N) is 2. The van der Waals surface area contributed by atoms with Crippen LogP contribution in [0.15, 0.2) is 85.2 Å². The van der Waals surface area contributed by atoms with Crippen molar-refractivity contribution in [3.05, 3.63) is 102 Å². The molecule has 190 valence electrons. The van der Waals surface area contributed by atoms with E-state index in [-0.39, 0.29) is 17.9 Å². The number of ether oxygens (including phenoxy) is 1. The highest BCUT2D eigenvalue weighted by atomic mass is 32.2. The van der Waals surface area contributed by atoms with Gasteiger partial charge in [-0.1, -0.05) is 6.07 Å². The smallest absolute Gasteiger partial charge is 0.229 e. The Kier molecular flexibility index (Phi) is 6.57. The van der Waals surface area contributed by atoms with Crippen molar-refractivity contribution in [2.45, 2.75) is 12.1 Å². The van der Waals surface area contributed by atoms with E-state index in [1.165, 1.54) is 19.2 Å². The normalized spacial score (nSPS) is 17.5. The summed E-state index contributed by atoms with van der Waals surface area (Å²) in [4.78, 5) is 6.53. The minimum Gasteiger partial charge on any atom is -0.494 e. The molecule has 1 aliphatic rings. The summed E-state index contributed by atoms with van der Waals surface area (Å²) in [6, 6.07) is 20.4. The quantitative estimate of drug-likeness (QED) is 0.334. The first-order valence-corrected chi connectivity index (χ1v) is 13.6. The van der Waals surface area contributed by atoms with E-state index in [9.17, 15) is 12.8 Å². The minimum atomic E-state index is -3.50. The van der Waals surface area contributed by atoms with E-state index in [4.69, 9.17) is 17.0 Å². The van der Waals surface area contributed by atoms with Gasteiger partial charge in [-0.15, -0.1) is 0 Å². The largest absolute Gasteiger partial charge is 0.494 e. The topological polar surface area (TPSA) is 88.5 Å². The lowest BCUT2D eigenvalue weighted by Crippen LogP contribution is -2.30. The molecule has 5 rings (SSSR count). The molecule has 8 nitrogen and oxygen atoms in total. The zero-order valence-electron chi connectivity index (χ0n) is 20.0. The van der Waals surface area contributed by atoms with E-state index in [0.29, 0.717) is 22.2 Å². The molecule has 2 aromatic heterocycles. The molecule has 0 spiro atoms. The molecule has 3 heterocycles. The maximum atomic E-state index is 13.6. The second-order valence-electron chi connectivity index (χ2n) is 8.53. The van der Waals surface area contributed by atoms with Crippen LogP contribution in [0, 0.1) is 5.82 Å². The second-order valence-corrected chi connectivity index (χ2v) is 10.7. The first-order chi connectivity index (χ1) is 17.7. The molecular weight excluding hydrogens is 513 g/mol. The number of hydrogen-bond donors (Lipinski definition) is 2. The van der Waals surface area contributed by atoms with Crippen LogP contribution in [0.3, 0.4) is 0 Å². The number of aromatic nitrogens is 2. The van der Waals surface area contributed by atoms with Crippen molar-refractivity contribution in [2.75, 3.05) is 23.0 Å². The Bertz CT molecular complexity index is 1540. The van der Waals surface area contributed by atoms with Gasteiger partial charge in [0.1, 0.15) is 17.6 Å². The summed E-state index contributed by atoms with van der Waals surface area (Å²) in [5.74, 6) is 0.0312. The molecule has 2 aromatic carbocycles. The Balaban J connectivity index is 1.64. The number of hydrogen-bond acceptors (Lipinski definition) is 5. The highest BCUT2D eigenvalue weighted by Gasteiger charge is 2.42. The standard InChI is InChI=1S/C26H24FN5O3S2/c1-35-23-16-19(12-13-20(23)30-37(2,33)34)32-25(24(29-26(32)36)21-6-3-4-14-28-21)22-7-5-15-31(22)18-10-8-17(27)9-11-18/h3-16,24-25,30H,1-2H3,(H,29,36)/t24-,25-/m1/s1. The molecule has 1 fully saturated rings. The number of benzene rings is 2. The number of halogens is 1. The summed E-state index contributed by atoms with van der Waals surface area (Å²) < 4.78 is 47.2. The van der Waals surface area contributed by atoms with Crippen LogP contribution in [-0.4, -0.2) is 36.4 Å². The number of thiocarbonyl (C=S) groups is 1. The van der Waals surface area contributed by atoms with Gasteiger partial charge in [-0.25, -0.2) is 12.8 Å². The molecule has 0 bridgehead atoms. The zero-order chi connectivity index (χ0) is 26.2. The maximum absolute atomic E-state index is 13.6. The van der Waals surface area contributed by atoms with Crippen LogP contribution in [0.4, 0.5) is 15.8 Å². The summed E-state index contributed by atoms with van der Waals surface area (Å²) in [7, 11) is -2.03. The average molecular weight is 538 g/mol. The fourth-order valence-electron chi connectivity index (χ4n) is 4.52. The molecule has 1 saturated heterocycles. The summed E-state index contributed by atoms with van der Waals surface area (Å²) in [6.45, 7) is 0. The minimum absolute atomic E-state index is 0.303. The van der Waals surface area contributed by atoms with Crippen molar-refractivity contribution in [1.82, 2.24) is 14.9 Å². The maximum Gasteiger partial charge on any atom is 0.229 e. The van der Waals surface area contributed by atoms with Gasteiger partial charge in [-0.2, -0.15) is 0 Å². The molecule has 37 heavy (non-hydrogen) atoms. The van der Waals surface area contributed by atoms with Crippen LogP contribution < -0.4 is 19.7 Å². The lowest BCUT2D eigenvalue weighted by Gasteiger charge is -2.29. The van der Waals surface area contributed by atoms with Crippen molar-refractivity contribution in [3.8, 4) is 11.4 Å². The number of pyridine rings is 1. The lowest BCUT2D eigenvalue weighted by molar-refractivity contribution is 0.417. The third-order valence-electron chi connectivity index (χ3n) is 6.04.